The van der Waals surface area contributed by atoms with Crippen LogP contribution in [0.1, 0.15) is 41.6 Å². The number of aromatic amines is 1. The zero-order valence-electron chi connectivity index (χ0n) is 15.8. The van der Waals surface area contributed by atoms with Gasteiger partial charge in [0, 0.05) is 24.8 Å². The average molecular weight is 443 g/mol. The molecule has 0 radical (unpaired) electrons. The lowest BCUT2D eigenvalue weighted by Gasteiger charge is -2.20. The van der Waals surface area contributed by atoms with Gasteiger partial charge in [-0.3, -0.25) is 9.59 Å². The second-order valence-corrected chi connectivity index (χ2v) is 8.86. The smallest absolute Gasteiger partial charge is 0.327 e. The lowest BCUT2D eigenvalue weighted by Crippen LogP contribution is -2.32. The molecule has 0 atom stereocenters. The highest BCUT2D eigenvalue weighted by atomic mass is 32.2. The van der Waals surface area contributed by atoms with Gasteiger partial charge in [-0.1, -0.05) is 12.8 Å². The lowest BCUT2D eigenvalue weighted by molar-refractivity contribution is -0.137. The molecule has 1 fully saturated rings. The molecule has 1 aromatic heterocycles. The van der Waals surface area contributed by atoms with Gasteiger partial charge in [-0.25, -0.2) is 8.42 Å². The van der Waals surface area contributed by atoms with E-state index in [0.717, 1.165) is 25.7 Å². The normalized spacial score (nSPS) is 16.1. The number of hydrogen-bond donors (Lipinski definition) is 2. The average Bonchev–Trinajstić information content (AvgIpc) is 2.99. The predicted molar refractivity (Wildman–Crippen MR) is 104 cm³/mol. The van der Waals surface area contributed by atoms with Crippen molar-refractivity contribution < 1.29 is 26.4 Å². The molecule has 30 heavy (non-hydrogen) atoms. The molecule has 1 amide bonds. The Kier molecular flexibility index (Phi) is 6.32. The molecule has 1 aromatic carbocycles. The van der Waals surface area contributed by atoms with Crippen molar-refractivity contribution in [2.45, 2.75) is 36.8 Å². The molecule has 0 spiro atoms. The van der Waals surface area contributed by atoms with Crippen molar-refractivity contribution >= 4 is 21.6 Å². The van der Waals surface area contributed by atoms with Gasteiger partial charge in [0.25, 0.3) is 11.5 Å². The number of nitrogens with zero attached hydrogens (tertiary/aromatic N) is 1. The number of sulfonamides is 1. The number of benzene rings is 1. The number of alkyl halides is 3. The number of carbonyl (C=O) groups excluding carboxylic acids is 1. The van der Waals surface area contributed by atoms with Gasteiger partial charge in [0.15, 0.2) is 0 Å². The molecule has 1 aliphatic heterocycles. The molecule has 162 valence electrons. The summed E-state index contributed by atoms with van der Waals surface area (Å²) in [5.41, 5.74) is -2.56. The van der Waals surface area contributed by atoms with Crippen LogP contribution in [0.4, 0.5) is 18.9 Å². The van der Waals surface area contributed by atoms with E-state index in [-0.39, 0.29) is 10.5 Å². The van der Waals surface area contributed by atoms with Crippen molar-refractivity contribution in [3.63, 3.8) is 0 Å². The fourth-order valence-electron chi connectivity index (χ4n) is 3.14. The van der Waals surface area contributed by atoms with Gasteiger partial charge in [0.1, 0.15) is 5.69 Å². The SMILES string of the molecule is O=C(Nc1cc(C(F)(F)F)c[nH]c1=O)c1ccc(S(=O)(=O)N2CCCCCC2)cc1. The summed E-state index contributed by atoms with van der Waals surface area (Å²) in [7, 11) is -3.69. The van der Waals surface area contributed by atoms with E-state index in [1.807, 2.05) is 4.98 Å². The van der Waals surface area contributed by atoms with E-state index in [1.54, 1.807) is 0 Å². The van der Waals surface area contributed by atoms with E-state index < -0.39 is 38.9 Å². The summed E-state index contributed by atoms with van der Waals surface area (Å²) in [6.45, 7) is 0.867. The third-order valence-electron chi connectivity index (χ3n) is 4.80. The van der Waals surface area contributed by atoms with Gasteiger partial charge in [0.2, 0.25) is 10.0 Å². The summed E-state index contributed by atoms with van der Waals surface area (Å²) in [6.07, 6.45) is -0.663. The van der Waals surface area contributed by atoms with Crippen molar-refractivity contribution in [3.05, 3.63) is 58.0 Å². The first-order valence-electron chi connectivity index (χ1n) is 9.30. The minimum Gasteiger partial charge on any atom is -0.327 e. The molecule has 2 aromatic rings. The molecular formula is C19H20F3N3O4S. The topological polar surface area (TPSA) is 99.3 Å². The third-order valence-corrected chi connectivity index (χ3v) is 6.71. The summed E-state index contributed by atoms with van der Waals surface area (Å²) >= 11 is 0. The largest absolute Gasteiger partial charge is 0.417 e. The second kappa shape index (κ2) is 8.60. The number of nitrogens with one attached hydrogen (secondary N) is 2. The van der Waals surface area contributed by atoms with Crippen LogP contribution >= 0.6 is 0 Å². The second-order valence-electron chi connectivity index (χ2n) is 6.93. The van der Waals surface area contributed by atoms with Crippen LogP contribution in [-0.2, 0) is 16.2 Å². The summed E-state index contributed by atoms with van der Waals surface area (Å²) in [6, 6.07) is 5.58. The Bertz CT molecular complexity index is 1070. The highest BCUT2D eigenvalue weighted by molar-refractivity contribution is 7.89. The van der Waals surface area contributed by atoms with E-state index in [1.165, 1.54) is 28.6 Å². The first-order valence-corrected chi connectivity index (χ1v) is 10.7. The van der Waals surface area contributed by atoms with Gasteiger partial charge in [0.05, 0.1) is 10.5 Å². The molecule has 3 rings (SSSR count). The maximum atomic E-state index is 12.8. The predicted octanol–water partition coefficient (Wildman–Crippen LogP) is 3.21. The van der Waals surface area contributed by atoms with Gasteiger partial charge in [-0.05, 0) is 43.2 Å². The summed E-state index contributed by atoms with van der Waals surface area (Å²) in [5.74, 6) is -0.835. The first kappa shape index (κ1) is 22.0. The first-order chi connectivity index (χ1) is 14.1. The van der Waals surface area contributed by atoms with E-state index >= 15 is 0 Å². The minimum absolute atomic E-state index is 0.00151. The number of rotatable bonds is 4. The summed E-state index contributed by atoms with van der Waals surface area (Å²) in [5, 5.41) is 2.13. The van der Waals surface area contributed by atoms with Crippen molar-refractivity contribution in [1.29, 1.82) is 0 Å². The monoisotopic (exact) mass is 443 g/mol. The van der Waals surface area contributed by atoms with E-state index in [0.29, 0.717) is 25.4 Å². The van der Waals surface area contributed by atoms with Crippen LogP contribution in [-0.4, -0.2) is 36.7 Å². The van der Waals surface area contributed by atoms with Gasteiger partial charge >= 0.3 is 6.18 Å². The Morgan fingerprint density at radius 1 is 1.03 bits per heavy atom. The summed E-state index contributed by atoms with van der Waals surface area (Å²) < 4.78 is 65.3. The van der Waals surface area contributed by atoms with Crippen LogP contribution in [0.2, 0.25) is 0 Å². The van der Waals surface area contributed by atoms with Crippen LogP contribution in [0.25, 0.3) is 0 Å². The number of amides is 1. The Morgan fingerprint density at radius 3 is 2.20 bits per heavy atom. The zero-order valence-corrected chi connectivity index (χ0v) is 16.6. The summed E-state index contributed by atoms with van der Waals surface area (Å²) in [4.78, 5) is 26.0. The third kappa shape index (κ3) is 4.90. The van der Waals surface area contributed by atoms with Crippen LogP contribution in [0.3, 0.4) is 0 Å². The van der Waals surface area contributed by atoms with Crippen LogP contribution in [0.15, 0.2) is 46.2 Å². The van der Waals surface area contributed by atoms with E-state index in [4.69, 9.17) is 0 Å². The molecule has 2 heterocycles. The maximum Gasteiger partial charge on any atom is 0.417 e. The standard InChI is InChI=1S/C19H20F3N3O4S/c20-19(21,22)14-11-16(18(27)23-12-14)24-17(26)13-5-7-15(8-6-13)30(28,29)25-9-3-1-2-4-10-25/h5-8,11-12H,1-4,9-10H2,(H,23,27)(H,24,26). The Morgan fingerprint density at radius 2 is 1.63 bits per heavy atom. The molecule has 0 aliphatic carbocycles. The lowest BCUT2D eigenvalue weighted by atomic mass is 10.2. The number of carbonyl (C=O) groups is 1. The molecule has 7 nitrogen and oxygen atoms in total. The van der Waals surface area contributed by atoms with Gasteiger partial charge < -0.3 is 10.3 Å². The fraction of sp³-hybridized carbons (Fsp3) is 0.368. The van der Waals surface area contributed by atoms with Gasteiger partial charge in [-0.15, -0.1) is 0 Å². The van der Waals surface area contributed by atoms with Crippen molar-refractivity contribution in [2.24, 2.45) is 0 Å². The van der Waals surface area contributed by atoms with E-state index in [9.17, 15) is 31.2 Å². The number of hydrogen-bond acceptors (Lipinski definition) is 4. The number of halogens is 3. The zero-order chi connectivity index (χ0) is 21.9. The number of anilines is 1. The molecule has 2 N–H and O–H groups in total. The Hall–Kier alpha value is -2.66. The highest BCUT2D eigenvalue weighted by Gasteiger charge is 2.31. The number of aromatic nitrogens is 1. The minimum atomic E-state index is -4.69. The molecular weight excluding hydrogens is 423 g/mol. The molecule has 1 saturated heterocycles. The quantitative estimate of drug-likeness (QED) is 0.758. The number of pyridine rings is 1. The van der Waals surface area contributed by atoms with Crippen LogP contribution in [0, 0.1) is 0 Å². The van der Waals surface area contributed by atoms with Crippen molar-refractivity contribution in [1.82, 2.24) is 9.29 Å². The molecule has 0 saturated carbocycles. The van der Waals surface area contributed by atoms with Gasteiger partial charge in [-0.2, -0.15) is 17.5 Å². The Labute approximate surface area is 171 Å². The Balaban J connectivity index is 1.78. The molecule has 11 heteroatoms. The van der Waals surface area contributed by atoms with Crippen molar-refractivity contribution in [3.8, 4) is 0 Å². The van der Waals surface area contributed by atoms with Crippen LogP contribution < -0.4 is 10.9 Å². The molecule has 0 bridgehead atoms. The van der Waals surface area contributed by atoms with Crippen LogP contribution in [0.5, 0.6) is 0 Å². The van der Waals surface area contributed by atoms with E-state index in [2.05, 4.69) is 5.32 Å². The molecule has 1 aliphatic rings. The number of H-pyrrole nitrogens is 1. The van der Waals surface area contributed by atoms with Crippen molar-refractivity contribution in [2.75, 3.05) is 18.4 Å². The fourth-order valence-corrected chi connectivity index (χ4v) is 4.66. The maximum absolute atomic E-state index is 12.8. The molecule has 0 unspecified atom stereocenters. The highest BCUT2D eigenvalue weighted by Crippen LogP contribution is 2.29.